The van der Waals surface area contributed by atoms with E-state index in [1.807, 2.05) is 11.3 Å². The van der Waals surface area contributed by atoms with Crippen molar-refractivity contribution in [1.29, 1.82) is 0 Å². The predicted molar refractivity (Wildman–Crippen MR) is 58.2 cm³/mol. The zero-order valence-electron chi connectivity index (χ0n) is 8.42. The Morgan fingerprint density at radius 3 is 2.69 bits per heavy atom. The van der Waals surface area contributed by atoms with Crippen LogP contribution in [0.5, 0.6) is 0 Å². The number of nitrogens with zero attached hydrogens (tertiary/aromatic N) is 1. The molecule has 0 radical (unpaired) electrons. The van der Waals surface area contributed by atoms with Crippen molar-refractivity contribution >= 4 is 11.3 Å². The number of hydrogen-bond acceptors (Lipinski definition) is 2. The molecular weight excluding hydrogens is 178 g/mol. The first-order valence-corrected chi connectivity index (χ1v) is 5.83. The van der Waals surface area contributed by atoms with Crippen LogP contribution < -0.4 is 0 Å². The third kappa shape index (κ3) is 2.12. The van der Waals surface area contributed by atoms with E-state index in [2.05, 4.69) is 31.0 Å². The number of hydrogen-bond donors (Lipinski definition) is 0. The lowest BCUT2D eigenvalue weighted by Gasteiger charge is -2.34. The molecule has 1 heterocycles. The second-order valence-electron chi connectivity index (χ2n) is 4.01. The van der Waals surface area contributed by atoms with Gasteiger partial charge in [0.1, 0.15) is 0 Å². The van der Waals surface area contributed by atoms with E-state index in [1.54, 1.807) is 0 Å². The van der Waals surface area contributed by atoms with Crippen molar-refractivity contribution in [1.82, 2.24) is 4.90 Å². The molecule has 0 amide bonds. The lowest BCUT2D eigenvalue weighted by molar-refractivity contribution is 0.154. The first-order valence-electron chi connectivity index (χ1n) is 5.01. The molecule has 1 aromatic heterocycles. The predicted octanol–water partition coefficient (Wildman–Crippen LogP) is 3.04. The molecule has 0 atom stereocenters. The van der Waals surface area contributed by atoms with Gasteiger partial charge in [-0.25, -0.2) is 0 Å². The van der Waals surface area contributed by atoms with E-state index < -0.39 is 0 Å². The Balaban J connectivity index is 1.89. The minimum absolute atomic E-state index is 0.863. The van der Waals surface area contributed by atoms with Crippen molar-refractivity contribution in [3.63, 3.8) is 0 Å². The normalized spacial score (nSPS) is 17.8. The van der Waals surface area contributed by atoms with Crippen LogP contribution in [0, 0.1) is 6.92 Å². The van der Waals surface area contributed by atoms with Crippen molar-refractivity contribution in [3.8, 4) is 0 Å². The molecule has 1 fully saturated rings. The summed E-state index contributed by atoms with van der Waals surface area (Å²) in [5, 5.41) is 0. The average molecular weight is 195 g/mol. The fraction of sp³-hybridized carbons (Fsp3) is 0.636. The molecule has 2 rings (SSSR count). The monoisotopic (exact) mass is 195 g/mol. The minimum atomic E-state index is 0.863. The molecule has 0 saturated heterocycles. The van der Waals surface area contributed by atoms with Gasteiger partial charge in [0.2, 0.25) is 0 Å². The minimum Gasteiger partial charge on any atom is -0.298 e. The molecule has 0 aromatic carbocycles. The van der Waals surface area contributed by atoms with Gasteiger partial charge in [-0.3, -0.25) is 4.90 Å². The van der Waals surface area contributed by atoms with Crippen LogP contribution in [0.25, 0.3) is 0 Å². The highest BCUT2D eigenvalue weighted by molar-refractivity contribution is 7.11. The summed E-state index contributed by atoms with van der Waals surface area (Å²) in [4.78, 5) is 5.43. The standard InChI is InChI=1S/C11H17NS/c1-9-6-7-11(13-9)8-12(2)10-4-3-5-10/h6-7,10H,3-5,8H2,1-2H3. The van der Waals surface area contributed by atoms with Gasteiger partial charge >= 0.3 is 0 Å². The number of rotatable bonds is 3. The van der Waals surface area contributed by atoms with Crippen molar-refractivity contribution in [2.45, 2.75) is 38.8 Å². The van der Waals surface area contributed by atoms with Gasteiger partial charge < -0.3 is 0 Å². The van der Waals surface area contributed by atoms with Gasteiger partial charge in [-0.05, 0) is 38.9 Å². The molecule has 0 N–H and O–H groups in total. The van der Waals surface area contributed by atoms with E-state index >= 15 is 0 Å². The van der Waals surface area contributed by atoms with Gasteiger partial charge in [-0.1, -0.05) is 6.42 Å². The highest BCUT2D eigenvalue weighted by atomic mass is 32.1. The topological polar surface area (TPSA) is 3.24 Å². The summed E-state index contributed by atoms with van der Waals surface area (Å²) in [5.74, 6) is 0. The quantitative estimate of drug-likeness (QED) is 0.716. The Morgan fingerprint density at radius 1 is 1.46 bits per heavy atom. The smallest absolute Gasteiger partial charge is 0.0327 e. The Morgan fingerprint density at radius 2 is 2.23 bits per heavy atom. The van der Waals surface area contributed by atoms with E-state index in [0.717, 1.165) is 12.6 Å². The molecule has 0 unspecified atom stereocenters. The molecule has 2 heteroatoms. The van der Waals surface area contributed by atoms with E-state index in [9.17, 15) is 0 Å². The van der Waals surface area contributed by atoms with Gasteiger partial charge in [0, 0.05) is 22.3 Å². The van der Waals surface area contributed by atoms with E-state index in [-0.39, 0.29) is 0 Å². The second-order valence-corrected chi connectivity index (χ2v) is 5.38. The molecular formula is C11H17NS. The van der Waals surface area contributed by atoms with Crippen molar-refractivity contribution in [2.75, 3.05) is 7.05 Å². The molecule has 1 nitrogen and oxygen atoms in total. The van der Waals surface area contributed by atoms with E-state index in [1.165, 1.54) is 29.0 Å². The first kappa shape index (κ1) is 9.22. The third-order valence-electron chi connectivity index (χ3n) is 2.90. The lowest BCUT2D eigenvalue weighted by Crippen LogP contribution is -2.36. The lowest BCUT2D eigenvalue weighted by atomic mass is 9.92. The average Bonchev–Trinajstić information content (AvgIpc) is 2.31. The zero-order valence-corrected chi connectivity index (χ0v) is 9.23. The van der Waals surface area contributed by atoms with Crippen LogP contribution in [0.15, 0.2) is 12.1 Å². The summed E-state index contributed by atoms with van der Waals surface area (Å²) in [7, 11) is 2.25. The summed E-state index contributed by atoms with van der Waals surface area (Å²) in [6.45, 7) is 3.32. The van der Waals surface area contributed by atoms with E-state index in [0.29, 0.717) is 0 Å². The molecule has 1 aliphatic rings. The van der Waals surface area contributed by atoms with Crippen LogP contribution >= 0.6 is 11.3 Å². The molecule has 1 aromatic rings. The Labute approximate surface area is 84.4 Å². The Bertz CT molecular complexity index is 275. The molecule has 1 aliphatic carbocycles. The van der Waals surface area contributed by atoms with Crippen molar-refractivity contribution < 1.29 is 0 Å². The second kappa shape index (κ2) is 3.81. The summed E-state index contributed by atoms with van der Waals surface area (Å²) in [6, 6.07) is 5.34. The van der Waals surface area contributed by atoms with Crippen molar-refractivity contribution in [3.05, 3.63) is 21.9 Å². The summed E-state index contributed by atoms with van der Waals surface area (Å²) in [6.07, 6.45) is 4.24. The molecule has 1 saturated carbocycles. The van der Waals surface area contributed by atoms with Crippen LogP contribution in [0.1, 0.15) is 29.0 Å². The van der Waals surface area contributed by atoms with Crippen molar-refractivity contribution in [2.24, 2.45) is 0 Å². The van der Waals surface area contributed by atoms with E-state index in [4.69, 9.17) is 0 Å². The molecule has 0 spiro atoms. The van der Waals surface area contributed by atoms with Gasteiger partial charge in [0.05, 0.1) is 0 Å². The Kier molecular flexibility index (Phi) is 2.70. The molecule has 72 valence electrons. The van der Waals surface area contributed by atoms with Gasteiger partial charge in [-0.15, -0.1) is 11.3 Å². The molecule has 0 bridgehead atoms. The zero-order chi connectivity index (χ0) is 9.26. The highest BCUT2D eigenvalue weighted by Gasteiger charge is 2.21. The van der Waals surface area contributed by atoms with Crippen LogP contribution in [0.3, 0.4) is 0 Å². The van der Waals surface area contributed by atoms with Crippen LogP contribution in [-0.2, 0) is 6.54 Å². The van der Waals surface area contributed by atoms with Crippen LogP contribution in [-0.4, -0.2) is 18.0 Å². The van der Waals surface area contributed by atoms with Gasteiger partial charge in [0.25, 0.3) is 0 Å². The number of aryl methyl sites for hydroxylation is 1. The summed E-state index contributed by atoms with van der Waals surface area (Å²) >= 11 is 1.93. The Hall–Kier alpha value is -0.340. The maximum Gasteiger partial charge on any atom is 0.0327 e. The van der Waals surface area contributed by atoms with Crippen LogP contribution in [0.4, 0.5) is 0 Å². The molecule has 13 heavy (non-hydrogen) atoms. The SMILES string of the molecule is Cc1ccc(CN(C)C2CCC2)s1. The summed E-state index contributed by atoms with van der Waals surface area (Å²) < 4.78 is 0. The van der Waals surface area contributed by atoms with Gasteiger partial charge in [0.15, 0.2) is 0 Å². The van der Waals surface area contributed by atoms with Crippen LogP contribution in [0.2, 0.25) is 0 Å². The first-order chi connectivity index (χ1) is 6.25. The largest absolute Gasteiger partial charge is 0.298 e. The highest BCUT2D eigenvalue weighted by Crippen LogP contribution is 2.26. The fourth-order valence-electron chi connectivity index (χ4n) is 1.77. The molecule has 0 aliphatic heterocycles. The third-order valence-corrected chi connectivity index (χ3v) is 3.88. The maximum atomic E-state index is 2.49. The number of thiophene rings is 1. The fourth-order valence-corrected chi connectivity index (χ4v) is 2.73. The maximum absolute atomic E-state index is 2.49. The van der Waals surface area contributed by atoms with Gasteiger partial charge in [-0.2, -0.15) is 0 Å². The summed E-state index contributed by atoms with van der Waals surface area (Å²) in [5.41, 5.74) is 0.